The van der Waals surface area contributed by atoms with Gasteiger partial charge in [0.2, 0.25) is 21.8 Å². The third-order valence-corrected chi connectivity index (χ3v) is 7.74. The molecule has 11 heteroatoms. The summed E-state index contributed by atoms with van der Waals surface area (Å²) < 4.78 is 31.3. The van der Waals surface area contributed by atoms with Gasteiger partial charge in [-0.05, 0) is 62.6 Å². The molecule has 2 amide bonds. The van der Waals surface area contributed by atoms with Gasteiger partial charge in [-0.2, -0.15) is 0 Å². The maximum atomic E-state index is 13.4. The van der Waals surface area contributed by atoms with E-state index in [-0.39, 0.29) is 54.5 Å². The van der Waals surface area contributed by atoms with Crippen LogP contribution in [0.15, 0.2) is 42.5 Å². The molecule has 0 heterocycles. The van der Waals surface area contributed by atoms with E-state index in [1.54, 1.807) is 32.2 Å². The lowest BCUT2D eigenvalue weighted by Crippen LogP contribution is -2.49. The summed E-state index contributed by atoms with van der Waals surface area (Å²) in [6, 6.07) is 11.1. The van der Waals surface area contributed by atoms with E-state index in [1.807, 2.05) is 26.0 Å². The highest BCUT2D eigenvalue weighted by Crippen LogP contribution is 2.31. The molecule has 204 valence electrons. The lowest BCUT2D eigenvalue weighted by atomic mass is 10.1. The number of nitrogens with zero attached hydrogens (tertiary/aromatic N) is 2. The zero-order valence-electron chi connectivity index (χ0n) is 21.8. The number of methoxy groups -OCH3 is 1. The van der Waals surface area contributed by atoms with Crippen molar-refractivity contribution in [1.29, 1.82) is 0 Å². The Balaban J connectivity index is 2.21. The van der Waals surface area contributed by atoms with Gasteiger partial charge in [0.25, 0.3) is 0 Å². The van der Waals surface area contributed by atoms with Crippen molar-refractivity contribution in [3.63, 3.8) is 0 Å². The third-order valence-electron chi connectivity index (χ3n) is 6.01. The van der Waals surface area contributed by atoms with Gasteiger partial charge in [0.1, 0.15) is 11.8 Å². The molecule has 8 nitrogen and oxygen atoms in total. The summed E-state index contributed by atoms with van der Waals surface area (Å²) in [5.74, 6) is 0.165. The predicted octanol–water partition coefficient (Wildman–Crippen LogP) is 4.88. The number of halogens is 2. The Hall–Kier alpha value is -2.49. The lowest BCUT2D eigenvalue weighted by molar-refractivity contribution is -0.140. The van der Waals surface area contributed by atoms with Crippen molar-refractivity contribution in [3.05, 3.63) is 58.1 Å². The second-order valence-corrected chi connectivity index (χ2v) is 11.6. The molecule has 0 bridgehead atoms. The van der Waals surface area contributed by atoms with E-state index in [2.05, 4.69) is 5.32 Å². The van der Waals surface area contributed by atoms with Gasteiger partial charge in [0.15, 0.2) is 0 Å². The van der Waals surface area contributed by atoms with E-state index < -0.39 is 16.1 Å². The summed E-state index contributed by atoms with van der Waals surface area (Å²) in [4.78, 5) is 27.8. The second kappa shape index (κ2) is 13.9. The van der Waals surface area contributed by atoms with Crippen LogP contribution in [-0.2, 0) is 26.2 Å². The minimum absolute atomic E-state index is 0.0223. The zero-order valence-corrected chi connectivity index (χ0v) is 24.2. The summed E-state index contributed by atoms with van der Waals surface area (Å²) in [6.45, 7) is 5.80. The topological polar surface area (TPSA) is 96.0 Å². The maximum Gasteiger partial charge on any atom is 0.242 e. The highest BCUT2D eigenvalue weighted by molar-refractivity contribution is 7.92. The fourth-order valence-corrected chi connectivity index (χ4v) is 5.04. The van der Waals surface area contributed by atoms with Crippen molar-refractivity contribution < 1.29 is 22.7 Å². The van der Waals surface area contributed by atoms with E-state index in [0.29, 0.717) is 10.8 Å². The molecule has 0 aliphatic rings. The normalized spacial score (nSPS) is 12.9. The number of anilines is 1. The first-order valence-electron chi connectivity index (χ1n) is 12.0. The maximum absolute atomic E-state index is 13.4. The monoisotopic (exact) mass is 571 g/mol. The number of sulfonamides is 1. The first-order chi connectivity index (χ1) is 17.4. The van der Waals surface area contributed by atoms with Gasteiger partial charge in [-0.1, -0.05) is 42.3 Å². The molecule has 0 spiro atoms. The summed E-state index contributed by atoms with van der Waals surface area (Å²) >= 11 is 12.3. The number of hydrogen-bond acceptors (Lipinski definition) is 5. The Morgan fingerprint density at radius 1 is 1.08 bits per heavy atom. The number of ether oxygens (including phenoxy) is 1. The molecule has 2 aromatic carbocycles. The average molecular weight is 573 g/mol. The van der Waals surface area contributed by atoms with Gasteiger partial charge in [0.05, 0.1) is 24.1 Å². The van der Waals surface area contributed by atoms with Crippen LogP contribution >= 0.6 is 23.2 Å². The molecular weight excluding hydrogens is 537 g/mol. The minimum atomic E-state index is -3.69. The molecule has 0 radical (unpaired) electrons. The molecule has 0 aromatic heterocycles. The highest BCUT2D eigenvalue weighted by Gasteiger charge is 2.27. The zero-order chi connectivity index (χ0) is 27.8. The van der Waals surface area contributed by atoms with E-state index >= 15 is 0 Å². The van der Waals surface area contributed by atoms with Crippen LogP contribution in [-0.4, -0.2) is 57.1 Å². The fourth-order valence-electron chi connectivity index (χ4n) is 3.64. The molecule has 0 aliphatic carbocycles. The quantitative estimate of drug-likeness (QED) is 0.369. The average Bonchev–Trinajstić information content (AvgIpc) is 2.85. The van der Waals surface area contributed by atoms with E-state index in [4.69, 9.17) is 27.9 Å². The molecule has 1 N–H and O–H groups in total. The summed E-state index contributed by atoms with van der Waals surface area (Å²) in [7, 11) is -2.12. The number of rotatable bonds is 13. The van der Waals surface area contributed by atoms with Crippen molar-refractivity contribution in [2.24, 2.45) is 0 Å². The highest BCUT2D eigenvalue weighted by atomic mass is 35.5. The molecule has 2 atom stereocenters. The van der Waals surface area contributed by atoms with E-state index in [1.165, 1.54) is 17.0 Å². The third kappa shape index (κ3) is 9.09. The van der Waals surface area contributed by atoms with Crippen LogP contribution in [0.25, 0.3) is 0 Å². The predicted molar refractivity (Wildman–Crippen MR) is 149 cm³/mol. The van der Waals surface area contributed by atoms with Crippen LogP contribution in [0, 0.1) is 0 Å². The van der Waals surface area contributed by atoms with Crippen LogP contribution in [0.2, 0.25) is 10.0 Å². The Morgan fingerprint density at radius 3 is 2.30 bits per heavy atom. The molecule has 0 fully saturated rings. The summed E-state index contributed by atoms with van der Waals surface area (Å²) in [5.41, 5.74) is 1.08. The second-order valence-electron chi connectivity index (χ2n) is 8.90. The lowest BCUT2D eigenvalue weighted by Gasteiger charge is -2.30. The van der Waals surface area contributed by atoms with Crippen molar-refractivity contribution in [3.8, 4) is 5.75 Å². The number of hydrogen-bond donors (Lipinski definition) is 1. The van der Waals surface area contributed by atoms with Crippen molar-refractivity contribution in [2.45, 2.75) is 58.7 Å². The smallest absolute Gasteiger partial charge is 0.242 e. The Labute approximate surface area is 229 Å². The summed E-state index contributed by atoms with van der Waals surface area (Å²) in [6.07, 6.45) is 2.08. The standard InChI is InChI=1S/C26H35Cl2N3O5S/c1-6-18(2)29-26(33)19(3)30(17-20-9-12-22(36-4)13-10-20)25(32)8-7-15-31(37(5,34)35)24-16-21(27)11-14-23(24)28/h9-14,16,18-19H,6-8,15,17H2,1-5H3,(H,29,33)/t18-,19-/m1/s1. The minimum Gasteiger partial charge on any atom is -0.497 e. The van der Waals surface area contributed by atoms with Crippen LogP contribution < -0.4 is 14.4 Å². The Bertz CT molecular complexity index is 1180. The molecule has 37 heavy (non-hydrogen) atoms. The molecular formula is C26H35Cl2N3O5S. The van der Waals surface area contributed by atoms with Gasteiger partial charge in [-0.15, -0.1) is 0 Å². The van der Waals surface area contributed by atoms with Crippen LogP contribution in [0.4, 0.5) is 5.69 Å². The van der Waals surface area contributed by atoms with Crippen LogP contribution in [0.1, 0.15) is 45.6 Å². The molecule has 0 aliphatic heterocycles. The van der Waals surface area contributed by atoms with Crippen molar-refractivity contribution >= 4 is 50.7 Å². The Morgan fingerprint density at radius 2 is 1.73 bits per heavy atom. The number of nitrogens with one attached hydrogen (secondary N) is 1. The molecule has 2 aromatic rings. The van der Waals surface area contributed by atoms with Crippen molar-refractivity contribution in [1.82, 2.24) is 10.2 Å². The van der Waals surface area contributed by atoms with Gasteiger partial charge in [-0.25, -0.2) is 8.42 Å². The number of carbonyl (C=O) groups is 2. The van der Waals surface area contributed by atoms with Gasteiger partial charge in [0, 0.05) is 30.6 Å². The SMILES string of the molecule is CC[C@@H](C)NC(=O)[C@@H](C)N(Cc1ccc(OC)cc1)C(=O)CCCN(c1cc(Cl)ccc1Cl)S(C)(=O)=O. The molecule has 2 rings (SSSR count). The number of carbonyl (C=O) groups excluding carboxylic acids is 2. The van der Waals surface area contributed by atoms with E-state index in [0.717, 1.165) is 22.5 Å². The van der Waals surface area contributed by atoms with Crippen LogP contribution in [0.3, 0.4) is 0 Å². The van der Waals surface area contributed by atoms with Gasteiger partial charge < -0.3 is 15.0 Å². The molecule has 0 unspecified atom stereocenters. The van der Waals surface area contributed by atoms with Gasteiger partial charge >= 0.3 is 0 Å². The number of benzene rings is 2. The van der Waals surface area contributed by atoms with E-state index in [9.17, 15) is 18.0 Å². The van der Waals surface area contributed by atoms with Gasteiger partial charge in [-0.3, -0.25) is 13.9 Å². The van der Waals surface area contributed by atoms with Crippen LogP contribution in [0.5, 0.6) is 5.75 Å². The number of amides is 2. The first kappa shape index (κ1) is 30.7. The van der Waals surface area contributed by atoms with Crippen molar-refractivity contribution in [2.75, 3.05) is 24.2 Å². The Kier molecular flexibility index (Phi) is 11.5. The first-order valence-corrected chi connectivity index (χ1v) is 14.6. The molecule has 0 saturated heterocycles. The molecule has 0 saturated carbocycles. The largest absolute Gasteiger partial charge is 0.497 e. The summed E-state index contributed by atoms with van der Waals surface area (Å²) in [5, 5.41) is 3.51. The fraction of sp³-hybridized carbons (Fsp3) is 0.462.